The number of nitrogens with zero attached hydrogens (tertiary/aromatic N) is 1. The van der Waals surface area contributed by atoms with Crippen molar-refractivity contribution in [1.82, 2.24) is 4.90 Å². The van der Waals surface area contributed by atoms with Gasteiger partial charge in [0.05, 0.1) is 10.7 Å². The SMILES string of the molecule is CCC(C)N(Cc1ccc(OS(=O)(=O)c2ccc(F)cc2)cc1)C(=O)Nc1ccc(Cl)cc1Cl. The number of carbonyl (C=O) groups is 1. The summed E-state index contributed by atoms with van der Waals surface area (Å²) in [7, 11) is -4.10. The first-order valence-electron chi connectivity index (χ1n) is 10.4. The van der Waals surface area contributed by atoms with Crippen molar-refractivity contribution in [3.05, 3.63) is 88.2 Å². The van der Waals surface area contributed by atoms with E-state index in [0.29, 0.717) is 15.7 Å². The molecule has 2 amide bonds. The molecule has 0 fully saturated rings. The van der Waals surface area contributed by atoms with Crippen LogP contribution < -0.4 is 9.50 Å². The second kappa shape index (κ2) is 11.1. The smallest absolute Gasteiger partial charge is 0.339 e. The third-order valence-electron chi connectivity index (χ3n) is 5.14. The standard InChI is InChI=1S/C24H23Cl2FN2O4S/c1-3-16(2)29(24(30)28-23-13-6-18(25)14-22(23)26)15-17-4-9-20(10-5-17)33-34(31,32)21-11-7-19(27)8-12-21/h4-14,16H,3,15H2,1-2H3,(H,28,30). The average molecular weight is 525 g/mol. The van der Waals surface area contributed by atoms with Gasteiger partial charge in [-0.2, -0.15) is 8.42 Å². The predicted octanol–water partition coefficient (Wildman–Crippen LogP) is 6.73. The molecule has 0 aliphatic rings. The lowest BCUT2D eigenvalue weighted by atomic mass is 10.1. The minimum atomic E-state index is -4.10. The fourth-order valence-corrected chi connectivity index (χ4v) is 4.44. The molecule has 0 aromatic heterocycles. The summed E-state index contributed by atoms with van der Waals surface area (Å²) < 4.78 is 43.0. The average Bonchev–Trinajstić information content (AvgIpc) is 2.80. The van der Waals surface area contributed by atoms with E-state index in [1.54, 1.807) is 35.2 Å². The molecular formula is C24H23Cl2FN2O4S. The molecule has 0 radical (unpaired) electrons. The van der Waals surface area contributed by atoms with E-state index in [-0.39, 0.29) is 29.3 Å². The molecule has 1 unspecified atom stereocenters. The van der Waals surface area contributed by atoms with Gasteiger partial charge in [0.15, 0.2) is 0 Å². The van der Waals surface area contributed by atoms with Crippen LogP contribution in [0, 0.1) is 5.82 Å². The molecular weight excluding hydrogens is 502 g/mol. The van der Waals surface area contributed by atoms with E-state index in [0.717, 1.165) is 36.2 Å². The molecule has 0 heterocycles. The van der Waals surface area contributed by atoms with Gasteiger partial charge >= 0.3 is 16.1 Å². The summed E-state index contributed by atoms with van der Waals surface area (Å²) >= 11 is 12.1. The summed E-state index contributed by atoms with van der Waals surface area (Å²) in [4.78, 5) is 14.5. The number of urea groups is 1. The Morgan fingerprint density at radius 2 is 1.71 bits per heavy atom. The van der Waals surface area contributed by atoms with Crippen molar-refractivity contribution in [3.8, 4) is 5.75 Å². The van der Waals surface area contributed by atoms with Crippen molar-refractivity contribution >= 4 is 45.0 Å². The highest BCUT2D eigenvalue weighted by molar-refractivity contribution is 7.87. The van der Waals surface area contributed by atoms with Crippen molar-refractivity contribution < 1.29 is 21.8 Å². The van der Waals surface area contributed by atoms with Gasteiger partial charge in [0, 0.05) is 17.6 Å². The molecule has 3 aromatic carbocycles. The Hall–Kier alpha value is -2.81. The zero-order chi connectivity index (χ0) is 24.9. The van der Waals surface area contributed by atoms with Crippen molar-refractivity contribution in [2.24, 2.45) is 0 Å². The first-order valence-corrected chi connectivity index (χ1v) is 12.6. The van der Waals surface area contributed by atoms with E-state index in [1.165, 1.54) is 12.1 Å². The maximum atomic E-state index is 13.1. The van der Waals surface area contributed by atoms with Crippen molar-refractivity contribution in [2.75, 3.05) is 5.32 Å². The van der Waals surface area contributed by atoms with Gasteiger partial charge in [-0.25, -0.2) is 9.18 Å². The third kappa shape index (κ3) is 6.62. The third-order valence-corrected chi connectivity index (χ3v) is 6.95. The number of hydrogen-bond donors (Lipinski definition) is 1. The molecule has 0 spiro atoms. The summed E-state index contributed by atoms with van der Waals surface area (Å²) in [6, 6.07) is 15.1. The first kappa shape index (κ1) is 25.8. The van der Waals surface area contributed by atoms with E-state index in [9.17, 15) is 17.6 Å². The highest BCUT2D eigenvalue weighted by Crippen LogP contribution is 2.26. The fraction of sp³-hybridized carbons (Fsp3) is 0.208. The highest BCUT2D eigenvalue weighted by atomic mass is 35.5. The van der Waals surface area contributed by atoms with Crippen LogP contribution in [0.2, 0.25) is 10.0 Å². The summed E-state index contributed by atoms with van der Waals surface area (Å²) in [5.74, 6) is -0.447. The van der Waals surface area contributed by atoms with Gasteiger partial charge in [0.25, 0.3) is 0 Å². The molecule has 1 N–H and O–H groups in total. The van der Waals surface area contributed by atoms with E-state index >= 15 is 0 Å². The molecule has 0 saturated heterocycles. The summed E-state index contributed by atoms with van der Waals surface area (Å²) in [6.07, 6.45) is 0.721. The molecule has 1 atom stereocenters. The molecule has 0 saturated carbocycles. The van der Waals surface area contributed by atoms with Gasteiger partial charge in [0.2, 0.25) is 0 Å². The predicted molar refractivity (Wildman–Crippen MR) is 131 cm³/mol. The van der Waals surface area contributed by atoms with Crippen LogP contribution in [-0.2, 0) is 16.7 Å². The minimum Gasteiger partial charge on any atom is -0.379 e. The quantitative estimate of drug-likeness (QED) is 0.331. The maximum absolute atomic E-state index is 13.1. The Morgan fingerprint density at radius 1 is 1.06 bits per heavy atom. The van der Waals surface area contributed by atoms with E-state index in [4.69, 9.17) is 27.4 Å². The normalized spacial score (nSPS) is 12.1. The van der Waals surface area contributed by atoms with Crippen LogP contribution in [0.1, 0.15) is 25.8 Å². The van der Waals surface area contributed by atoms with Gasteiger partial charge in [0.1, 0.15) is 16.5 Å². The second-order valence-corrected chi connectivity index (χ2v) is 9.96. The number of rotatable bonds is 8. The fourth-order valence-electron chi connectivity index (χ4n) is 3.05. The lowest BCUT2D eigenvalue weighted by molar-refractivity contribution is 0.187. The number of halogens is 3. The lowest BCUT2D eigenvalue weighted by Gasteiger charge is -2.29. The summed E-state index contributed by atoms with van der Waals surface area (Å²) in [6.45, 7) is 4.17. The van der Waals surface area contributed by atoms with Crippen LogP contribution in [0.4, 0.5) is 14.9 Å². The molecule has 3 rings (SSSR count). The number of amides is 2. The van der Waals surface area contributed by atoms with E-state index in [1.807, 2.05) is 13.8 Å². The Balaban J connectivity index is 1.72. The summed E-state index contributed by atoms with van der Waals surface area (Å²) in [5, 5.41) is 3.59. The highest BCUT2D eigenvalue weighted by Gasteiger charge is 2.21. The van der Waals surface area contributed by atoms with E-state index < -0.39 is 15.9 Å². The number of hydrogen-bond acceptors (Lipinski definition) is 4. The number of anilines is 1. The van der Waals surface area contributed by atoms with E-state index in [2.05, 4.69) is 5.32 Å². The molecule has 10 heteroatoms. The Bertz CT molecular complexity index is 1250. The lowest BCUT2D eigenvalue weighted by Crippen LogP contribution is -2.40. The Labute approximate surface area is 208 Å². The van der Waals surface area contributed by atoms with Crippen LogP contribution >= 0.6 is 23.2 Å². The molecule has 6 nitrogen and oxygen atoms in total. The molecule has 34 heavy (non-hydrogen) atoms. The van der Waals surface area contributed by atoms with Gasteiger partial charge < -0.3 is 14.4 Å². The van der Waals surface area contributed by atoms with Gasteiger partial charge in [-0.05, 0) is 73.5 Å². The maximum Gasteiger partial charge on any atom is 0.339 e. The molecule has 180 valence electrons. The topological polar surface area (TPSA) is 75.7 Å². The minimum absolute atomic E-state index is 0.0825. The Morgan fingerprint density at radius 3 is 2.29 bits per heavy atom. The van der Waals surface area contributed by atoms with Crippen molar-refractivity contribution in [2.45, 2.75) is 37.8 Å². The first-order chi connectivity index (χ1) is 16.1. The van der Waals surface area contributed by atoms with Crippen LogP contribution in [0.25, 0.3) is 0 Å². The van der Waals surface area contributed by atoms with Crippen LogP contribution in [-0.4, -0.2) is 25.4 Å². The van der Waals surface area contributed by atoms with Crippen LogP contribution in [0.3, 0.4) is 0 Å². The van der Waals surface area contributed by atoms with Gasteiger partial charge in [-0.1, -0.05) is 42.3 Å². The number of carbonyl (C=O) groups excluding carboxylic acids is 1. The molecule has 0 bridgehead atoms. The zero-order valence-electron chi connectivity index (χ0n) is 18.5. The monoisotopic (exact) mass is 524 g/mol. The zero-order valence-corrected chi connectivity index (χ0v) is 20.8. The van der Waals surface area contributed by atoms with Crippen molar-refractivity contribution in [3.63, 3.8) is 0 Å². The van der Waals surface area contributed by atoms with Gasteiger partial charge in [-0.3, -0.25) is 0 Å². The Kier molecular flexibility index (Phi) is 8.41. The number of benzene rings is 3. The van der Waals surface area contributed by atoms with Crippen molar-refractivity contribution in [1.29, 1.82) is 0 Å². The molecule has 3 aromatic rings. The van der Waals surface area contributed by atoms with Crippen LogP contribution in [0.15, 0.2) is 71.6 Å². The summed E-state index contributed by atoms with van der Waals surface area (Å²) in [5.41, 5.74) is 1.21. The second-order valence-electron chi connectivity index (χ2n) is 7.57. The molecule has 0 aliphatic heterocycles. The van der Waals surface area contributed by atoms with Crippen LogP contribution in [0.5, 0.6) is 5.75 Å². The molecule has 0 aliphatic carbocycles. The van der Waals surface area contributed by atoms with Gasteiger partial charge in [-0.15, -0.1) is 0 Å². The largest absolute Gasteiger partial charge is 0.379 e. The number of nitrogens with one attached hydrogen (secondary N) is 1.